The van der Waals surface area contributed by atoms with Gasteiger partial charge in [0.25, 0.3) is 0 Å². The monoisotopic (exact) mass is 236 g/mol. The first-order chi connectivity index (χ1) is 8.09. The smallest absolute Gasteiger partial charge is 0.311 e. The van der Waals surface area contributed by atoms with Crippen molar-refractivity contribution in [3.63, 3.8) is 0 Å². The van der Waals surface area contributed by atoms with Gasteiger partial charge in [-0.25, -0.2) is 4.98 Å². The summed E-state index contributed by atoms with van der Waals surface area (Å²) in [5, 5.41) is 10.6. The SMILES string of the molecule is CC1CCCCN1c1ccc([N+](=O)[O-])c(N)n1. The van der Waals surface area contributed by atoms with E-state index in [-0.39, 0.29) is 11.5 Å². The van der Waals surface area contributed by atoms with Crippen molar-refractivity contribution in [1.29, 1.82) is 0 Å². The minimum atomic E-state index is -0.508. The minimum absolute atomic E-state index is 0.00901. The maximum atomic E-state index is 10.6. The summed E-state index contributed by atoms with van der Waals surface area (Å²) in [6.45, 7) is 3.07. The molecule has 0 amide bonds. The van der Waals surface area contributed by atoms with Gasteiger partial charge in [0.15, 0.2) is 0 Å². The molecule has 0 aromatic carbocycles. The average molecular weight is 236 g/mol. The van der Waals surface area contributed by atoms with Crippen LogP contribution in [0.15, 0.2) is 12.1 Å². The number of aromatic nitrogens is 1. The van der Waals surface area contributed by atoms with Crippen LogP contribution in [0.1, 0.15) is 26.2 Å². The predicted octanol–water partition coefficient (Wildman–Crippen LogP) is 1.95. The van der Waals surface area contributed by atoms with E-state index < -0.39 is 4.92 Å². The average Bonchev–Trinajstić information content (AvgIpc) is 2.29. The Morgan fingerprint density at radius 2 is 2.29 bits per heavy atom. The van der Waals surface area contributed by atoms with Crippen molar-refractivity contribution in [1.82, 2.24) is 4.98 Å². The summed E-state index contributed by atoms with van der Waals surface area (Å²) >= 11 is 0. The number of hydrogen-bond acceptors (Lipinski definition) is 5. The molecule has 2 N–H and O–H groups in total. The summed E-state index contributed by atoms with van der Waals surface area (Å²) < 4.78 is 0. The third kappa shape index (κ3) is 2.30. The lowest BCUT2D eigenvalue weighted by molar-refractivity contribution is -0.384. The van der Waals surface area contributed by atoms with Gasteiger partial charge in [-0.05, 0) is 32.3 Å². The zero-order valence-electron chi connectivity index (χ0n) is 9.80. The highest BCUT2D eigenvalue weighted by Gasteiger charge is 2.21. The van der Waals surface area contributed by atoms with Crippen molar-refractivity contribution >= 4 is 17.3 Å². The second-order valence-corrected chi connectivity index (χ2v) is 4.37. The Morgan fingerprint density at radius 1 is 1.53 bits per heavy atom. The fraction of sp³-hybridized carbons (Fsp3) is 0.545. The highest BCUT2D eigenvalue weighted by atomic mass is 16.6. The van der Waals surface area contributed by atoms with Gasteiger partial charge in [-0.2, -0.15) is 0 Å². The van der Waals surface area contributed by atoms with Gasteiger partial charge in [-0.1, -0.05) is 0 Å². The van der Waals surface area contributed by atoms with Gasteiger partial charge in [0.2, 0.25) is 5.82 Å². The molecule has 1 aliphatic heterocycles. The van der Waals surface area contributed by atoms with Gasteiger partial charge in [-0.3, -0.25) is 10.1 Å². The lowest BCUT2D eigenvalue weighted by Crippen LogP contribution is -2.38. The highest BCUT2D eigenvalue weighted by Crippen LogP contribution is 2.27. The molecule has 1 fully saturated rings. The zero-order chi connectivity index (χ0) is 12.4. The second kappa shape index (κ2) is 4.57. The van der Waals surface area contributed by atoms with E-state index in [0.29, 0.717) is 6.04 Å². The molecule has 2 rings (SSSR count). The molecule has 2 heterocycles. The van der Waals surface area contributed by atoms with Gasteiger partial charge in [-0.15, -0.1) is 0 Å². The molecule has 17 heavy (non-hydrogen) atoms. The Morgan fingerprint density at radius 3 is 2.88 bits per heavy atom. The van der Waals surface area contributed by atoms with Crippen molar-refractivity contribution in [3.05, 3.63) is 22.2 Å². The summed E-state index contributed by atoms with van der Waals surface area (Å²) in [5.41, 5.74) is 5.47. The quantitative estimate of drug-likeness (QED) is 0.626. The van der Waals surface area contributed by atoms with E-state index in [2.05, 4.69) is 16.8 Å². The van der Waals surface area contributed by atoms with E-state index in [1.54, 1.807) is 6.07 Å². The largest absolute Gasteiger partial charge is 0.378 e. The van der Waals surface area contributed by atoms with Crippen LogP contribution in [0.2, 0.25) is 0 Å². The second-order valence-electron chi connectivity index (χ2n) is 4.37. The lowest BCUT2D eigenvalue weighted by Gasteiger charge is -2.34. The summed E-state index contributed by atoms with van der Waals surface area (Å²) in [4.78, 5) is 16.4. The summed E-state index contributed by atoms with van der Waals surface area (Å²) in [5.74, 6) is 0.727. The number of hydrogen-bond donors (Lipinski definition) is 1. The zero-order valence-corrected chi connectivity index (χ0v) is 9.80. The van der Waals surface area contributed by atoms with E-state index >= 15 is 0 Å². The molecular formula is C11H16N4O2. The molecule has 92 valence electrons. The maximum absolute atomic E-state index is 10.6. The number of anilines is 2. The minimum Gasteiger partial charge on any atom is -0.378 e. The van der Waals surface area contributed by atoms with Gasteiger partial charge >= 0.3 is 5.69 Å². The van der Waals surface area contributed by atoms with Gasteiger partial charge in [0.1, 0.15) is 5.82 Å². The van der Waals surface area contributed by atoms with Crippen molar-refractivity contribution < 1.29 is 4.92 Å². The summed E-state index contributed by atoms with van der Waals surface area (Å²) in [7, 11) is 0. The van der Waals surface area contributed by atoms with Gasteiger partial charge in [0.05, 0.1) is 4.92 Å². The first-order valence-corrected chi connectivity index (χ1v) is 5.77. The molecule has 6 nitrogen and oxygen atoms in total. The van der Waals surface area contributed by atoms with E-state index in [1.807, 2.05) is 0 Å². The molecule has 0 bridgehead atoms. The van der Waals surface area contributed by atoms with Crippen LogP contribution in [0.5, 0.6) is 0 Å². The fourth-order valence-corrected chi connectivity index (χ4v) is 2.21. The standard InChI is InChI=1S/C11H16N4O2/c1-8-4-2-3-7-14(8)10-6-5-9(15(16)17)11(12)13-10/h5-6,8H,2-4,7H2,1H3,(H2,12,13). The van der Waals surface area contributed by atoms with E-state index in [4.69, 9.17) is 5.73 Å². The Hall–Kier alpha value is -1.85. The summed E-state index contributed by atoms with van der Waals surface area (Å²) in [6, 6.07) is 3.52. The molecular weight excluding hydrogens is 220 g/mol. The summed E-state index contributed by atoms with van der Waals surface area (Å²) in [6.07, 6.45) is 3.47. The molecule has 1 unspecified atom stereocenters. The van der Waals surface area contributed by atoms with E-state index in [0.717, 1.165) is 25.2 Å². The molecule has 1 atom stereocenters. The fourth-order valence-electron chi connectivity index (χ4n) is 2.21. The molecule has 0 radical (unpaired) electrons. The van der Waals surface area contributed by atoms with Crippen LogP contribution in [0.25, 0.3) is 0 Å². The van der Waals surface area contributed by atoms with Crippen molar-refractivity contribution in [2.75, 3.05) is 17.2 Å². The van der Waals surface area contributed by atoms with Gasteiger partial charge in [0, 0.05) is 18.7 Å². The molecule has 0 saturated carbocycles. The maximum Gasteiger partial charge on any atom is 0.311 e. The molecule has 1 aromatic heterocycles. The Balaban J connectivity index is 2.27. The third-order valence-corrected chi connectivity index (χ3v) is 3.18. The molecule has 1 aliphatic rings. The van der Waals surface area contributed by atoms with Crippen LogP contribution >= 0.6 is 0 Å². The highest BCUT2D eigenvalue weighted by molar-refractivity contribution is 5.58. The lowest BCUT2D eigenvalue weighted by atomic mass is 10.0. The number of piperidine rings is 1. The van der Waals surface area contributed by atoms with E-state index in [9.17, 15) is 10.1 Å². The Bertz CT molecular complexity index is 435. The predicted molar refractivity (Wildman–Crippen MR) is 66.0 cm³/mol. The number of nitrogens with two attached hydrogens (primary N) is 1. The van der Waals surface area contributed by atoms with E-state index in [1.165, 1.54) is 12.5 Å². The number of nitrogen functional groups attached to an aromatic ring is 1. The number of pyridine rings is 1. The Labute approximate surface area is 99.6 Å². The van der Waals surface area contributed by atoms with Crippen LogP contribution in [-0.2, 0) is 0 Å². The molecule has 0 aliphatic carbocycles. The number of nitrogens with zero attached hydrogens (tertiary/aromatic N) is 3. The number of nitro groups is 1. The number of rotatable bonds is 2. The molecule has 0 spiro atoms. The topological polar surface area (TPSA) is 85.3 Å². The Kier molecular flexibility index (Phi) is 3.12. The third-order valence-electron chi connectivity index (χ3n) is 3.18. The van der Waals surface area contributed by atoms with Crippen LogP contribution in [0.3, 0.4) is 0 Å². The van der Waals surface area contributed by atoms with Crippen molar-refractivity contribution in [3.8, 4) is 0 Å². The normalized spacial score (nSPS) is 20.3. The van der Waals surface area contributed by atoms with Crippen LogP contribution in [0, 0.1) is 10.1 Å². The molecule has 1 aromatic rings. The first kappa shape index (κ1) is 11.6. The van der Waals surface area contributed by atoms with Gasteiger partial charge < -0.3 is 10.6 Å². The molecule has 1 saturated heterocycles. The van der Waals surface area contributed by atoms with Crippen LogP contribution < -0.4 is 10.6 Å². The van der Waals surface area contributed by atoms with Crippen LogP contribution in [-0.4, -0.2) is 22.5 Å². The molecule has 6 heteroatoms. The van der Waals surface area contributed by atoms with Crippen LogP contribution in [0.4, 0.5) is 17.3 Å². The van der Waals surface area contributed by atoms with Crippen molar-refractivity contribution in [2.24, 2.45) is 0 Å². The van der Waals surface area contributed by atoms with Crippen molar-refractivity contribution in [2.45, 2.75) is 32.2 Å². The first-order valence-electron chi connectivity index (χ1n) is 5.77.